The van der Waals surface area contributed by atoms with Gasteiger partial charge in [-0.2, -0.15) is 0 Å². The second-order valence-corrected chi connectivity index (χ2v) is 5.63. The smallest absolute Gasteiger partial charge is 0.269 e. The van der Waals surface area contributed by atoms with Gasteiger partial charge in [0, 0.05) is 24.7 Å². The molecule has 1 aliphatic carbocycles. The van der Waals surface area contributed by atoms with Crippen LogP contribution in [0.5, 0.6) is 0 Å². The van der Waals surface area contributed by atoms with E-state index in [1.165, 1.54) is 6.07 Å². The molecule has 0 spiro atoms. The normalized spacial score (nSPS) is 18.9. The molecule has 1 aliphatic rings. The zero-order chi connectivity index (χ0) is 14.6. The number of non-ortho nitro benzene ring substituents is 1. The maximum atomic E-state index is 10.8. The molecule has 5 heteroatoms. The Morgan fingerprint density at radius 1 is 1.45 bits per heavy atom. The second-order valence-electron chi connectivity index (χ2n) is 5.63. The number of hydrogen-bond acceptors (Lipinski definition) is 4. The van der Waals surface area contributed by atoms with Crippen LogP contribution < -0.4 is 5.32 Å². The Kier molecular flexibility index (Phi) is 4.73. The van der Waals surface area contributed by atoms with Crippen molar-refractivity contribution in [3.8, 4) is 0 Å². The van der Waals surface area contributed by atoms with E-state index in [0.29, 0.717) is 6.54 Å². The third-order valence-corrected chi connectivity index (χ3v) is 4.10. The summed E-state index contributed by atoms with van der Waals surface area (Å²) >= 11 is 0. The SMILES string of the molecule is CCC(NCC1(O)CCCC1)c1cccc([N+](=O)[O-])c1. The van der Waals surface area contributed by atoms with E-state index in [9.17, 15) is 15.2 Å². The maximum Gasteiger partial charge on any atom is 0.269 e. The van der Waals surface area contributed by atoms with E-state index in [-0.39, 0.29) is 16.7 Å². The summed E-state index contributed by atoms with van der Waals surface area (Å²) in [5.74, 6) is 0. The fourth-order valence-corrected chi connectivity index (χ4v) is 2.88. The highest BCUT2D eigenvalue weighted by molar-refractivity contribution is 5.35. The Morgan fingerprint density at radius 3 is 2.75 bits per heavy atom. The van der Waals surface area contributed by atoms with Crippen molar-refractivity contribution in [3.63, 3.8) is 0 Å². The molecular formula is C15H22N2O3. The van der Waals surface area contributed by atoms with Gasteiger partial charge >= 0.3 is 0 Å². The zero-order valence-electron chi connectivity index (χ0n) is 11.8. The van der Waals surface area contributed by atoms with Gasteiger partial charge in [-0.1, -0.05) is 31.9 Å². The third kappa shape index (κ3) is 3.55. The molecule has 2 rings (SSSR count). The van der Waals surface area contributed by atoms with Crippen molar-refractivity contribution < 1.29 is 10.0 Å². The average molecular weight is 278 g/mol. The van der Waals surface area contributed by atoms with Crippen LogP contribution in [-0.4, -0.2) is 22.2 Å². The van der Waals surface area contributed by atoms with Crippen molar-refractivity contribution in [2.75, 3.05) is 6.54 Å². The summed E-state index contributed by atoms with van der Waals surface area (Å²) in [4.78, 5) is 10.5. The fourth-order valence-electron chi connectivity index (χ4n) is 2.88. The molecule has 20 heavy (non-hydrogen) atoms. The van der Waals surface area contributed by atoms with Gasteiger partial charge in [-0.15, -0.1) is 0 Å². The Bertz CT molecular complexity index is 470. The van der Waals surface area contributed by atoms with Crippen LogP contribution in [0.1, 0.15) is 50.6 Å². The molecule has 0 amide bonds. The summed E-state index contributed by atoms with van der Waals surface area (Å²) < 4.78 is 0. The summed E-state index contributed by atoms with van der Waals surface area (Å²) in [6.07, 6.45) is 4.66. The number of rotatable bonds is 6. The molecule has 1 aromatic carbocycles. The molecule has 1 saturated carbocycles. The van der Waals surface area contributed by atoms with Gasteiger partial charge in [-0.05, 0) is 24.8 Å². The highest BCUT2D eigenvalue weighted by atomic mass is 16.6. The number of aliphatic hydroxyl groups is 1. The van der Waals surface area contributed by atoms with Gasteiger partial charge in [0.1, 0.15) is 0 Å². The summed E-state index contributed by atoms with van der Waals surface area (Å²) in [6.45, 7) is 2.59. The average Bonchev–Trinajstić information content (AvgIpc) is 2.87. The number of nitrogens with one attached hydrogen (secondary N) is 1. The lowest BCUT2D eigenvalue weighted by molar-refractivity contribution is -0.384. The van der Waals surface area contributed by atoms with Gasteiger partial charge in [0.2, 0.25) is 0 Å². The molecule has 5 nitrogen and oxygen atoms in total. The van der Waals surface area contributed by atoms with Crippen LogP contribution in [0, 0.1) is 10.1 Å². The van der Waals surface area contributed by atoms with Crippen molar-refractivity contribution in [3.05, 3.63) is 39.9 Å². The van der Waals surface area contributed by atoms with E-state index >= 15 is 0 Å². The van der Waals surface area contributed by atoms with Crippen LogP contribution in [0.2, 0.25) is 0 Å². The first-order valence-corrected chi connectivity index (χ1v) is 7.24. The van der Waals surface area contributed by atoms with Crippen molar-refractivity contribution >= 4 is 5.69 Å². The lowest BCUT2D eigenvalue weighted by atomic mass is 9.99. The van der Waals surface area contributed by atoms with Gasteiger partial charge < -0.3 is 10.4 Å². The van der Waals surface area contributed by atoms with Crippen LogP contribution in [0.4, 0.5) is 5.69 Å². The Balaban J connectivity index is 2.04. The van der Waals surface area contributed by atoms with Crippen molar-refractivity contribution in [2.24, 2.45) is 0 Å². The summed E-state index contributed by atoms with van der Waals surface area (Å²) in [5.41, 5.74) is 0.416. The Morgan fingerprint density at radius 2 is 2.15 bits per heavy atom. The second kappa shape index (κ2) is 6.33. The molecule has 0 heterocycles. The minimum absolute atomic E-state index is 0.0412. The molecule has 0 aliphatic heterocycles. The molecule has 0 radical (unpaired) electrons. The van der Waals surface area contributed by atoms with Crippen LogP contribution in [0.3, 0.4) is 0 Å². The van der Waals surface area contributed by atoms with Crippen LogP contribution in [0.15, 0.2) is 24.3 Å². The minimum Gasteiger partial charge on any atom is -0.389 e. The minimum atomic E-state index is -0.603. The van der Waals surface area contributed by atoms with E-state index in [0.717, 1.165) is 37.7 Å². The van der Waals surface area contributed by atoms with Gasteiger partial charge in [-0.25, -0.2) is 0 Å². The number of nitrogens with zero attached hydrogens (tertiary/aromatic N) is 1. The fraction of sp³-hybridized carbons (Fsp3) is 0.600. The van der Waals surface area contributed by atoms with Crippen molar-refractivity contribution in [1.82, 2.24) is 5.32 Å². The van der Waals surface area contributed by atoms with Crippen molar-refractivity contribution in [1.29, 1.82) is 0 Å². The van der Waals surface area contributed by atoms with Gasteiger partial charge in [0.15, 0.2) is 0 Å². The molecule has 1 fully saturated rings. The number of benzene rings is 1. The monoisotopic (exact) mass is 278 g/mol. The molecule has 110 valence electrons. The van der Waals surface area contributed by atoms with E-state index in [1.54, 1.807) is 12.1 Å². The first-order valence-electron chi connectivity index (χ1n) is 7.24. The quantitative estimate of drug-likeness (QED) is 0.619. The van der Waals surface area contributed by atoms with Gasteiger partial charge in [-0.3, -0.25) is 10.1 Å². The highest BCUT2D eigenvalue weighted by Crippen LogP contribution is 2.30. The third-order valence-electron chi connectivity index (χ3n) is 4.10. The Hall–Kier alpha value is -1.46. The molecule has 1 atom stereocenters. The summed E-state index contributed by atoms with van der Waals surface area (Å²) in [7, 11) is 0. The summed E-state index contributed by atoms with van der Waals surface area (Å²) in [6, 6.07) is 6.76. The lowest BCUT2D eigenvalue weighted by Gasteiger charge is -2.26. The van der Waals surface area contributed by atoms with E-state index in [1.807, 2.05) is 13.0 Å². The predicted molar refractivity (Wildman–Crippen MR) is 77.5 cm³/mol. The molecule has 2 N–H and O–H groups in total. The van der Waals surface area contributed by atoms with Crippen LogP contribution in [-0.2, 0) is 0 Å². The lowest BCUT2D eigenvalue weighted by Crippen LogP contribution is -2.39. The van der Waals surface area contributed by atoms with E-state index in [2.05, 4.69) is 5.32 Å². The molecule has 0 aromatic heterocycles. The number of hydrogen-bond donors (Lipinski definition) is 2. The topological polar surface area (TPSA) is 75.4 Å². The van der Waals surface area contributed by atoms with E-state index < -0.39 is 5.60 Å². The zero-order valence-corrected chi connectivity index (χ0v) is 11.8. The van der Waals surface area contributed by atoms with Crippen LogP contribution >= 0.6 is 0 Å². The maximum absolute atomic E-state index is 10.8. The molecule has 1 unspecified atom stereocenters. The van der Waals surface area contributed by atoms with Crippen molar-refractivity contribution in [2.45, 2.75) is 50.7 Å². The highest BCUT2D eigenvalue weighted by Gasteiger charge is 2.31. The number of nitro benzene ring substituents is 1. The standard InChI is InChI=1S/C15H22N2O3/c1-2-14(16-11-15(18)8-3-4-9-15)12-6-5-7-13(10-12)17(19)20/h5-7,10,14,16,18H,2-4,8-9,11H2,1H3. The summed E-state index contributed by atoms with van der Waals surface area (Å²) in [5, 5.41) is 24.5. The van der Waals surface area contributed by atoms with Gasteiger partial charge in [0.05, 0.1) is 10.5 Å². The largest absolute Gasteiger partial charge is 0.389 e. The number of nitro groups is 1. The van der Waals surface area contributed by atoms with E-state index in [4.69, 9.17) is 0 Å². The first-order chi connectivity index (χ1) is 9.54. The predicted octanol–water partition coefficient (Wildman–Crippen LogP) is 2.94. The van der Waals surface area contributed by atoms with Gasteiger partial charge in [0.25, 0.3) is 5.69 Å². The van der Waals surface area contributed by atoms with Crippen LogP contribution in [0.25, 0.3) is 0 Å². The molecule has 0 bridgehead atoms. The first kappa shape index (κ1) is 14.9. The molecular weight excluding hydrogens is 256 g/mol. The Labute approximate surface area is 119 Å². The molecule has 0 saturated heterocycles. The molecule has 1 aromatic rings.